The number of anilines is 2. The van der Waals surface area contributed by atoms with Crippen LogP contribution >= 0.6 is 34.4 Å². The highest BCUT2D eigenvalue weighted by atomic mass is 32.2. The van der Waals surface area contributed by atoms with Gasteiger partial charge in [-0.3, -0.25) is 0 Å². The molecule has 1 aliphatic rings. The molecule has 114 valence electrons. The third kappa shape index (κ3) is 3.30. The Hall–Kier alpha value is -0.520. The molecule has 1 unspecified atom stereocenters. The number of thioether (sulfide) groups is 1. The van der Waals surface area contributed by atoms with Crippen molar-refractivity contribution in [2.75, 3.05) is 10.8 Å². The molecule has 0 spiro atoms. The molecule has 2 aromatic heterocycles. The maximum atomic E-state index is 4.45. The van der Waals surface area contributed by atoms with E-state index in [-0.39, 0.29) is 0 Å². The first-order chi connectivity index (χ1) is 10.3. The molecule has 1 aliphatic heterocycles. The summed E-state index contributed by atoms with van der Waals surface area (Å²) in [6.07, 6.45) is 6.54. The van der Waals surface area contributed by atoms with Gasteiger partial charge in [-0.2, -0.15) is 0 Å². The van der Waals surface area contributed by atoms with Gasteiger partial charge in [0.15, 0.2) is 0 Å². The Morgan fingerprint density at radius 3 is 3.00 bits per heavy atom. The first-order valence-electron chi connectivity index (χ1n) is 7.73. The van der Waals surface area contributed by atoms with Crippen LogP contribution in [-0.4, -0.2) is 10.9 Å². The highest BCUT2D eigenvalue weighted by Gasteiger charge is 2.26. The number of rotatable bonds is 7. The van der Waals surface area contributed by atoms with Crippen LogP contribution in [-0.2, 0) is 6.42 Å². The van der Waals surface area contributed by atoms with Gasteiger partial charge in [0.2, 0.25) is 0 Å². The van der Waals surface area contributed by atoms with Gasteiger partial charge in [-0.1, -0.05) is 51.3 Å². The molecule has 0 aliphatic carbocycles. The monoisotopic (exact) mass is 338 g/mol. The lowest BCUT2D eigenvalue weighted by atomic mass is 9.93. The van der Waals surface area contributed by atoms with Crippen molar-refractivity contribution in [3.63, 3.8) is 0 Å². The first kappa shape index (κ1) is 15.4. The molecule has 0 saturated heterocycles. The Morgan fingerprint density at radius 2 is 2.19 bits per heavy atom. The van der Waals surface area contributed by atoms with Crippen LogP contribution in [0.15, 0.2) is 22.0 Å². The van der Waals surface area contributed by atoms with E-state index in [0.717, 1.165) is 11.8 Å². The molecule has 0 radical (unpaired) electrons. The minimum Gasteiger partial charge on any atom is -0.312 e. The topological polar surface area (TPSA) is 16.1 Å². The van der Waals surface area contributed by atoms with Crippen LogP contribution in [0.1, 0.15) is 45.1 Å². The number of unbranched alkanes of at least 4 members (excludes halogenated alkanes) is 1. The minimum absolute atomic E-state index is 0.828. The van der Waals surface area contributed by atoms with Crippen LogP contribution in [0.25, 0.3) is 0 Å². The maximum absolute atomic E-state index is 4.45. The number of hydrogen-bond acceptors (Lipinski definition) is 5. The molecule has 3 heterocycles. The van der Waals surface area contributed by atoms with Crippen molar-refractivity contribution in [1.82, 2.24) is 4.98 Å². The highest BCUT2D eigenvalue weighted by molar-refractivity contribution is 8.00. The average Bonchev–Trinajstić information content (AvgIpc) is 3.19. The molecular formula is C16H22N2S3. The van der Waals surface area contributed by atoms with Crippen molar-refractivity contribution in [1.29, 1.82) is 0 Å². The third-order valence-corrected chi connectivity index (χ3v) is 7.03. The lowest BCUT2D eigenvalue weighted by molar-refractivity contribution is 0.450. The Bertz CT molecular complexity index is 576. The second kappa shape index (κ2) is 7.16. The summed E-state index contributed by atoms with van der Waals surface area (Å²) in [5, 5.41) is 6.24. The lowest BCUT2D eigenvalue weighted by Crippen LogP contribution is -2.12. The number of hydrogen-bond donors (Lipinski definition) is 0. The Labute approximate surface area is 139 Å². The summed E-state index contributed by atoms with van der Waals surface area (Å²) in [5.74, 6) is 1.85. The Balaban J connectivity index is 1.75. The van der Waals surface area contributed by atoms with Gasteiger partial charge in [0.1, 0.15) is 10.0 Å². The predicted octanol–water partition coefficient (Wildman–Crippen LogP) is 6.16. The summed E-state index contributed by atoms with van der Waals surface area (Å²) in [5.41, 5.74) is 3.50. The maximum Gasteiger partial charge on any atom is 0.133 e. The van der Waals surface area contributed by atoms with Crippen LogP contribution in [0.4, 0.5) is 10.0 Å². The molecule has 3 rings (SSSR count). The fourth-order valence-electron chi connectivity index (χ4n) is 2.82. The van der Waals surface area contributed by atoms with Gasteiger partial charge in [-0.25, -0.2) is 4.98 Å². The van der Waals surface area contributed by atoms with Crippen LogP contribution in [0.5, 0.6) is 0 Å². The molecule has 2 aromatic rings. The molecule has 0 fully saturated rings. The number of aromatic nitrogens is 1. The van der Waals surface area contributed by atoms with Gasteiger partial charge >= 0.3 is 0 Å². The zero-order valence-electron chi connectivity index (χ0n) is 12.7. The molecule has 21 heavy (non-hydrogen) atoms. The van der Waals surface area contributed by atoms with Crippen LogP contribution < -0.4 is 4.90 Å². The van der Waals surface area contributed by atoms with E-state index < -0.39 is 0 Å². The number of fused-ring (bicyclic) bond motifs is 1. The van der Waals surface area contributed by atoms with Crippen molar-refractivity contribution >= 4 is 44.4 Å². The smallest absolute Gasteiger partial charge is 0.133 e. The number of thiazole rings is 1. The van der Waals surface area contributed by atoms with E-state index in [1.54, 1.807) is 11.3 Å². The van der Waals surface area contributed by atoms with E-state index >= 15 is 0 Å². The molecule has 5 heteroatoms. The SMILES string of the molecule is CCCCC(CC)Cc1ccsc1N1CSc2ncsc21. The molecule has 0 N–H and O–H groups in total. The zero-order chi connectivity index (χ0) is 14.7. The summed E-state index contributed by atoms with van der Waals surface area (Å²) < 4.78 is 0. The van der Waals surface area contributed by atoms with E-state index in [9.17, 15) is 0 Å². The quantitative estimate of drug-likeness (QED) is 0.601. The van der Waals surface area contributed by atoms with Gasteiger partial charge < -0.3 is 4.90 Å². The zero-order valence-corrected chi connectivity index (χ0v) is 15.1. The molecule has 1 atom stereocenters. The summed E-state index contributed by atoms with van der Waals surface area (Å²) in [7, 11) is 0. The van der Waals surface area contributed by atoms with Gasteiger partial charge in [-0.05, 0) is 29.3 Å². The summed E-state index contributed by atoms with van der Waals surface area (Å²) in [6.45, 7) is 4.62. The summed E-state index contributed by atoms with van der Waals surface area (Å²) in [6, 6.07) is 2.33. The normalized spacial score (nSPS) is 15.4. The summed E-state index contributed by atoms with van der Waals surface area (Å²) >= 11 is 5.51. The average molecular weight is 339 g/mol. The molecule has 2 nitrogen and oxygen atoms in total. The van der Waals surface area contributed by atoms with Gasteiger partial charge in [0.25, 0.3) is 0 Å². The first-order valence-corrected chi connectivity index (χ1v) is 10.5. The molecule has 0 saturated carbocycles. The van der Waals surface area contributed by atoms with Crippen molar-refractivity contribution in [3.8, 4) is 0 Å². The van der Waals surface area contributed by atoms with E-state index in [2.05, 4.69) is 35.2 Å². The Morgan fingerprint density at radius 1 is 1.29 bits per heavy atom. The second-order valence-electron chi connectivity index (χ2n) is 5.54. The van der Waals surface area contributed by atoms with Crippen LogP contribution in [0.2, 0.25) is 0 Å². The number of nitrogens with zero attached hydrogens (tertiary/aromatic N) is 2. The van der Waals surface area contributed by atoms with E-state index in [1.165, 1.54) is 52.7 Å². The van der Waals surface area contributed by atoms with E-state index in [1.807, 2.05) is 28.6 Å². The van der Waals surface area contributed by atoms with Crippen LogP contribution in [0, 0.1) is 5.92 Å². The molecular weight excluding hydrogens is 316 g/mol. The predicted molar refractivity (Wildman–Crippen MR) is 96.3 cm³/mol. The van der Waals surface area contributed by atoms with Crippen molar-refractivity contribution < 1.29 is 0 Å². The van der Waals surface area contributed by atoms with E-state index in [0.29, 0.717) is 0 Å². The van der Waals surface area contributed by atoms with Gasteiger partial charge in [0.05, 0.1) is 16.4 Å². The lowest BCUT2D eigenvalue weighted by Gasteiger charge is -2.19. The fraction of sp³-hybridized carbons (Fsp3) is 0.562. The Kier molecular flexibility index (Phi) is 5.24. The van der Waals surface area contributed by atoms with Gasteiger partial charge in [0, 0.05) is 0 Å². The largest absolute Gasteiger partial charge is 0.312 e. The molecule has 0 amide bonds. The summed E-state index contributed by atoms with van der Waals surface area (Å²) in [4.78, 5) is 6.91. The molecule has 0 bridgehead atoms. The van der Waals surface area contributed by atoms with Crippen molar-refractivity contribution in [2.24, 2.45) is 5.92 Å². The van der Waals surface area contributed by atoms with E-state index in [4.69, 9.17) is 0 Å². The van der Waals surface area contributed by atoms with Gasteiger partial charge in [-0.15, -0.1) is 22.7 Å². The fourth-order valence-corrected chi connectivity index (χ4v) is 5.94. The second-order valence-corrected chi connectivity index (χ2v) is 8.20. The number of thiophene rings is 1. The van der Waals surface area contributed by atoms with Crippen LogP contribution in [0.3, 0.4) is 0 Å². The highest BCUT2D eigenvalue weighted by Crippen LogP contribution is 2.47. The third-order valence-electron chi connectivity index (χ3n) is 4.11. The molecule has 0 aromatic carbocycles. The van der Waals surface area contributed by atoms with Crippen molar-refractivity contribution in [3.05, 3.63) is 22.5 Å². The standard InChI is InChI=1S/C16H22N2S3/c1-3-5-6-12(4-2)9-13-7-8-19-15(13)18-11-21-14-16(18)20-10-17-14/h7-8,10,12H,3-6,9,11H2,1-2H3. The minimum atomic E-state index is 0.828. The van der Waals surface area contributed by atoms with Crippen molar-refractivity contribution in [2.45, 2.75) is 51.0 Å².